The summed E-state index contributed by atoms with van der Waals surface area (Å²) in [5, 5.41) is 13.9. The standard InChI is InChI=1S/C13H16N4O2/c18-13(6-11-8-14-3-4-19-11)16-10-1-2-12-9(5-10)7-15-17-12/h1-2,5,7,11,14H,3-4,6,8H2,(H,15,17)(H,16,18). The summed E-state index contributed by atoms with van der Waals surface area (Å²) in [7, 11) is 0. The fraction of sp³-hybridized carbons (Fsp3) is 0.385. The molecule has 1 amide bonds. The molecule has 1 aromatic heterocycles. The Labute approximate surface area is 110 Å². The predicted octanol–water partition coefficient (Wildman–Crippen LogP) is 0.880. The molecule has 6 nitrogen and oxygen atoms in total. The van der Waals surface area contributed by atoms with E-state index in [1.807, 2.05) is 18.2 Å². The molecule has 0 bridgehead atoms. The van der Waals surface area contributed by atoms with Crippen molar-refractivity contribution in [2.45, 2.75) is 12.5 Å². The Morgan fingerprint density at radius 3 is 3.32 bits per heavy atom. The minimum atomic E-state index is -0.0357. The second-order valence-electron chi connectivity index (χ2n) is 4.62. The maximum absolute atomic E-state index is 11.9. The molecule has 1 aromatic carbocycles. The first-order valence-electron chi connectivity index (χ1n) is 6.36. The summed E-state index contributed by atoms with van der Waals surface area (Å²) in [6, 6.07) is 5.66. The first-order chi connectivity index (χ1) is 9.31. The number of aromatic amines is 1. The highest BCUT2D eigenvalue weighted by Gasteiger charge is 2.17. The minimum absolute atomic E-state index is 0.0310. The molecule has 1 aliphatic heterocycles. The van der Waals surface area contributed by atoms with Crippen LogP contribution in [0.2, 0.25) is 0 Å². The summed E-state index contributed by atoms with van der Waals surface area (Å²) in [4.78, 5) is 11.9. The molecule has 100 valence electrons. The van der Waals surface area contributed by atoms with Gasteiger partial charge in [-0.2, -0.15) is 5.10 Å². The van der Waals surface area contributed by atoms with Crippen LogP contribution in [0.5, 0.6) is 0 Å². The van der Waals surface area contributed by atoms with E-state index in [9.17, 15) is 4.79 Å². The molecular formula is C13H16N4O2. The molecule has 3 rings (SSSR count). The van der Waals surface area contributed by atoms with Crippen LogP contribution in [0.15, 0.2) is 24.4 Å². The predicted molar refractivity (Wildman–Crippen MR) is 72.0 cm³/mol. The maximum Gasteiger partial charge on any atom is 0.227 e. The Morgan fingerprint density at radius 2 is 2.47 bits per heavy atom. The number of nitrogens with zero attached hydrogens (tertiary/aromatic N) is 1. The van der Waals surface area contributed by atoms with Crippen molar-refractivity contribution in [1.29, 1.82) is 0 Å². The normalized spacial score (nSPS) is 19.5. The Hall–Kier alpha value is -1.92. The zero-order valence-corrected chi connectivity index (χ0v) is 10.5. The van der Waals surface area contributed by atoms with Gasteiger partial charge >= 0.3 is 0 Å². The zero-order chi connectivity index (χ0) is 13.1. The van der Waals surface area contributed by atoms with Crippen molar-refractivity contribution < 1.29 is 9.53 Å². The molecule has 3 N–H and O–H groups in total. The summed E-state index contributed by atoms with van der Waals surface area (Å²) in [5.74, 6) is -0.0310. The molecule has 0 aliphatic carbocycles. The summed E-state index contributed by atoms with van der Waals surface area (Å²) >= 11 is 0. The molecule has 1 fully saturated rings. The quantitative estimate of drug-likeness (QED) is 0.765. The van der Waals surface area contributed by atoms with Gasteiger partial charge in [0.2, 0.25) is 5.91 Å². The number of anilines is 1. The van der Waals surface area contributed by atoms with E-state index in [0.717, 1.165) is 29.7 Å². The van der Waals surface area contributed by atoms with E-state index >= 15 is 0 Å². The van der Waals surface area contributed by atoms with E-state index in [1.165, 1.54) is 0 Å². The molecule has 2 aromatic rings. The van der Waals surface area contributed by atoms with Crippen molar-refractivity contribution in [3.05, 3.63) is 24.4 Å². The lowest BCUT2D eigenvalue weighted by molar-refractivity contribution is -0.119. The number of hydrogen-bond acceptors (Lipinski definition) is 4. The lowest BCUT2D eigenvalue weighted by Crippen LogP contribution is -2.40. The van der Waals surface area contributed by atoms with Crippen LogP contribution in [0.25, 0.3) is 10.9 Å². The van der Waals surface area contributed by atoms with Crippen LogP contribution in [-0.2, 0) is 9.53 Å². The smallest absolute Gasteiger partial charge is 0.227 e. The minimum Gasteiger partial charge on any atom is -0.375 e. The fourth-order valence-corrected chi connectivity index (χ4v) is 2.19. The summed E-state index contributed by atoms with van der Waals surface area (Å²) in [5.41, 5.74) is 1.74. The van der Waals surface area contributed by atoms with Gasteiger partial charge in [-0.05, 0) is 18.2 Å². The second kappa shape index (κ2) is 5.38. The molecule has 0 spiro atoms. The van der Waals surface area contributed by atoms with E-state index < -0.39 is 0 Å². The third-order valence-corrected chi connectivity index (χ3v) is 3.14. The highest BCUT2D eigenvalue weighted by atomic mass is 16.5. The van der Waals surface area contributed by atoms with Crippen molar-refractivity contribution in [3.8, 4) is 0 Å². The van der Waals surface area contributed by atoms with E-state index in [0.29, 0.717) is 13.0 Å². The highest BCUT2D eigenvalue weighted by Crippen LogP contribution is 2.17. The number of fused-ring (bicyclic) bond motifs is 1. The number of carbonyl (C=O) groups excluding carboxylic acids is 1. The second-order valence-corrected chi connectivity index (χ2v) is 4.62. The van der Waals surface area contributed by atoms with Gasteiger partial charge in [-0.3, -0.25) is 9.89 Å². The molecule has 1 atom stereocenters. The molecular weight excluding hydrogens is 244 g/mol. The van der Waals surface area contributed by atoms with E-state index in [1.54, 1.807) is 6.20 Å². The van der Waals surface area contributed by atoms with Gasteiger partial charge < -0.3 is 15.4 Å². The molecule has 0 radical (unpaired) electrons. The van der Waals surface area contributed by atoms with Crippen LogP contribution in [0.3, 0.4) is 0 Å². The van der Waals surface area contributed by atoms with Gasteiger partial charge in [-0.15, -0.1) is 0 Å². The average Bonchev–Trinajstić information content (AvgIpc) is 2.87. The van der Waals surface area contributed by atoms with Crippen LogP contribution in [-0.4, -0.2) is 41.9 Å². The van der Waals surface area contributed by atoms with Crippen molar-refractivity contribution in [1.82, 2.24) is 15.5 Å². The first-order valence-corrected chi connectivity index (χ1v) is 6.36. The van der Waals surface area contributed by atoms with Crippen LogP contribution < -0.4 is 10.6 Å². The Kier molecular flexibility index (Phi) is 3.43. The first kappa shape index (κ1) is 12.1. The number of rotatable bonds is 3. The van der Waals surface area contributed by atoms with Gasteiger partial charge in [-0.1, -0.05) is 0 Å². The van der Waals surface area contributed by atoms with Crippen molar-refractivity contribution in [2.75, 3.05) is 25.0 Å². The highest BCUT2D eigenvalue weighted by molar-refractivity contribution is 5.93. The van der Waals surface area contributed by atoms with Gasteiger partial charge in [-0.25, -0.2) is 0 Å². The number of nitrogens with one attached hydrogen (secondary N) is 3. The number of carbonyl (C=O) groups is 1. The van der Waals surface area contributed by atoms with Crippen LogP contribution in [0.4, 0.5) is 5.69 Å². The number of hydrogen-bond donors (Lipinski definition) is 3. The van der Waals surface area contributed by atoms with Gasteiger partial charge in [0.25, 0.3) is 0 Å². The largest absolute Gasteiger partial charge is 0.375 e. The lowest BCUT2D eigenvalue weighted by atomic mass is 10.2. The summed E-state index contributed by atoms with van der Waals surface area (Å²) in [6.45, 7) is 2.25. The van der Waals surface area contributed by atoms with E-state index in [-0.39, 0.29) is 12.0 Å². The maximum atomic E-state index is 11.9. The fourth-order valence-electron chi connectivity index (χ4n) is 2.19. The lowest BCUT2D eigenvalue weighted by Gasteiger charge is -2.23. The molecule has 19 heavy (non-hydrogen) atoms. The Morgan fingerprint density at radius 1 is 1.53 bits per heavy atom. The molecule has 1 unspecified atom stereocenters. The summed E-state index contributed by atoms with van der Waals surface area (Å²) < 4.78 is 5.51. The molecule has 0 saturated carbocycles. The van der Waals surface area contributed by atoms with Gasteiger partial charge in [0.15, 0.2) is 0 Å². The Bertz CT molecular complexity index is 575. The SMILES string of the molecule is O=C(CC1CNCCO1)Nc1ccc2[nH]ncc2c1. The van der Waals surface area contributed by atoms with Crippen LogP contribution in [0, 0.1) is 0 Å². The number of benzene rings is 1. The van der Waals surface area contributed by atoms with Gasteiger partial charge in [0, 0.05) is 24.2 Å². The Balaban J connectivity index is 1.61. The third kappa shape index (κ3) is 2.91. The van der Waals surface area contributed by atoms with Crippen molar-refractivity contribution >= 4 is 22.5 Å². The summed E-state index contributed by atoms with van der Waals surface area (Å²) in [6.07, 6.45) is 2.07. The van der Waals surface area contributed by atoms with Crippen LogP contribution in [0.1, 0.15) is 6.42 Å². The molecule has 2 heterocycles. The zero-order valence-electron chi connectivity index (χ0n) is 10.5. The van der Waals surface area contributed by atoms with Gasteiger partial charge in [0.1, 0.15) is 0 Å². The van der Waals surface area contributed by atoms with Gasteiger partial charge in [0.05, 0.1) is 30.8 Å². The number of aromatic nitrogens is 2. The average molecular weight is 260 g/mol. The van der Waals surface area contributed by atoms with Crippen molar-refractivity contribution in [2.24, 2.45) is 0 Å². The topological polar surface area (TPSA) is 79.0 Å². The van der Waals surface area contributed by atoms with Crippen molar-refractivity contribution in [3.63, 3.8) is 0 Å². The number of ether oxygens (including phenoxy) is 1. The number of amides is 1. The van der Waals surface area contributed by atoms with E-state index in [2.05, 4.69) is 20.8 Å². The monoisotopic (exact) mass is 260 g/mol. The molecule has 6 heteroatoms. The third-order valence-electron chi connectivity index (χ3n) is 3.14. The van der Waals surface area contributed by atoms with Crippen LogP contribution >= 0.6 is 0 Å². The number of morpholine rings is 1. The molecule has 1 aliphatic rings. The molecule has 1 saturated heterocycles. The number of H-pyrrole nitrogens is 1. The van der Waals surface area contributed by atoms with E-state index in [4.69, 9.17) is 4.74 Å².